The second-order valence-corrected chi connectivity index (χ2v) is 4.04. The van der Waals surface area contributed by atoms with Crippen LogP contribution in [0.25, 0.3) is 0 Å². The van der Waals surface area contributed by atoms with E-state index in [2.05, 4.69) is 19.2 Å². The number of rotatable bonds is 5. The lowest BCUT2D eigenvalue weighted by Crippen LogP contribution is -2.22. The summed E-state index contributed by atoms with van der Waals surface area (Å²) in [5, 5.41) is 0. The van der Waals surface area contributed by atoms with Crippen LogP contribution in [-0.2, 0) is 22.1 Å². The maximum absolute atomic E-state index is 12.9. The van der Waals surface area contributed by atoms with Crippen molar-refractivity contribution in [3.05, 3.63) is 17.2 Å². The standard InChI is InChI=1S/C12H11F6NO4/c1-3-22-8(20)5-6-4-7(11(13,14)15)10(19-9(6)21-2)23-12(16,17)18/h4H,3,5H2,1-2H3. The molecule has 1 aromatic rings. The summed E-state index contributed by atoms with van der Waals surface area (Å²) in [7, 11) is 0.974. The van der Waals surface area contributed by atoms with Crippen LogP contribution in [0.15, 0.2) is 6.07 Å². The number of alkyl halides is 6. The van der Waals surface area contributed by atoms with E-state index in [-0.39, 0.29) is 12.2 Å². The van der Waals surface area contributed by atoms with Crippen LogP contribution < -0.4 is 9.47 Å². The zero-order valence-electron chi connectivity index (χ0n) is 11.8. The molecule has 1 rings (SSSR count). The highest BCUT2D eigenvalue weighted by Gasteiger charge is 2.41. The van der Waals surface area contributed by atoms with Gasteiger partial charge in [-0.15, -0.1) is 13.2 Å². The molecule has 0 spiro atoms. The average Bonchev–Trinajstić information content (AvgIpc) is 2.37. The molecular formula is C12H11F6NO4. The number of hydrogen-bond acceptors (Lipinski definition) is 5. The van der Waals surface area contributed by atoms with Crippen LogP contribution in [0.3, 0.4) is 0 Å². The molecule has 0 radical (unpaired) electrons. The van der Waals surface area contributed by atoms with E-state index >= 15 is 0 Å². The van der Waals surface area contributed by atoms with Crippen LogP contribution in [0.4, 0.5) is 26.3 Å². The normalized spacial score (nSPS) is 12.0. The fourth-order valence-corrected chi connectivity index (χ4v) is 1.58. The molecule has 0 amide bonds. The number of nitrogens with zero attached hydrogens (tertiary/aromatic N) is 1. The largest absolute Gasteiger partial charge is 0.574 e. The topological polar surface area (TPSA) is 57.7 Å². The minimum Gasteiger partial charge on any atom is -0.481 e. The maximum atomic E-state index is 12.9. The van der Waals surface area contributed by atoms with Gasteiger partial charge in [-0.2, -0.15) is 18.2 Å². The molecule has 1 heterocycles. The third-order valence-electron chi connectivity index (χ3n) is 2.38. The van der Waals surface area contributed by atoms with Crippen molar-refractivity contribution in [2.24, 2.45) is 0 Å². The quantitative estimate of drug-likeness (QED) is 0.605. The number of ether oxygens (including phenoxy) is 3. The molecule has 0 saturated heterocycles. The van der Waals surface area contributed by atoms with Crippen molar-refractivity contribution in [2.45, 2.75) is 25.9 Å². The molecule has 23 heavy (non-hydrogen) atoms. The van der Waals surface area contributed by atoms with Crippen LogP contribution in [-0.4, -0.2) is 31.0 Å². The minimum atomic E-state index is -5.37. The zero-order valence-corrected chi connectivity index (χ0v) is 11.8. The Morgan fingerprint density at radius 1 is 1.17 bits per heavy atom. The number of esters is 1. The number of carbonyl (C=O) groups excluding carboxylic acids is 1. The van der Waals surface area contributed by atoms with Gasteiger partial charge < -0.3 is 14.2 Å². The Bertz CT molecular complexity index is 570. The van der Waals surface area contributed by atoms with Crippen molar-refractivity contribution in [2.75, 3.05) is 13.7 Å². The van der Waals surface area contributed by atoms with Gasteiger partial charge in [-0.3, -0.25) is 4.79 Å². The lowest BCUT2D eigenvalue weighted by Gasteiger charge is -2.17. The highest BCUT2D eigenvalue weighted by Crippen LogP contribution is 2.39. The third-order valence-corrected chi connectivity index (χ3v) is 2.38. The van der Waals surface area contributed by atoms with Gasteiger partial charge in [0.25, 0.3) is 0 Å². The van der Waals surface area contributed by atoms with Gasteiger partial charge in [-0.05, 0) is 13.0 Å². The second-order valence-electron chi connectivity index (χ2n) is 4.04. The molecule has 0 atom stereocenters. The summed E-state index contributed by atoms with van der Waals surface area (Å²) in [6, 6.07) is 0.309. The van der Waals surface area contributed by atoms with Gasteiger partial charge in [0, 0.05) is 5.56 Å². The lowest BCUT2D eigenvalue weighted by atomic mass is 10.1. The van der Waals surface area contributed by atoms with Gasteiger partial charge in [0.15, 0.2) is 0 Å². The first kappa shape index (κ1) is 18.8. The molecular weight excluding hydrogens is 336 g/mol. The van der Waals surface area contributed by atoms with E-state index in [9.17, 15) is 31.1 Å². The number of carbonyl (C=O) groups is 1. The fourth-order valence-electron chi connectivity index (χ4n) is 1.58. The Morgan fingerprint density at radius 3 is 2.22 bits per heavy atom. The molecule has 0 N–H and O–H groups in total. The van der Waals surface area contributed by atoms with E-state index in [4.69, 9.17) is 0 Å². The molecule has 1 aromatic heterocycles. The van der Waals surface area contributed by atoms with E-state index in [0.29, 0.717) is 6.07 Å². The SMILES string of the molecule is CCOC(=O)Cc1cc(C(F)(F)F)c(OC(F)(F)F)nc1OC. The van der Waals surface area contributed by atoms with Crippen molar-refractivity contribution < 1.29 is 45.3 Å². The zero-order chi connectivity index (χ0) is 17.8. The Morgan fingerprint density at radius 2 is 1.78 bits per heavy atom. The van der Waals surface area contributed by atoms with Gasteiger partial charge >= 0.3 is 18.5 Å². The van der Waals surface area contributed by atoms with Crippen molar-refractivity contribution >= 4 is 5.97 Å². The summed E-state index contributed by atoms with van der Waals surface area (Å²) in [6.07, 6.45) is -11.2. The third kappa shape index (κ3) is 5.49. The van der Waals surface area contributed by atoms with Crippen molar-refractivity contribution in [3.63, 3.8) is 0 Å². The van der Waals surface area contributed by atoms with E-state index in [1.807, 2.05) is 0 Å². The van der Waals surface area contributed by atoms with Crippen LogP contribution >= 0.6 is 0 Å². The van der Waals surface area contributed by atoms with Gasteiger partial charge in [0.05, 0.1) is 20.1 Å². The van der Waals surface area contributed by atoms with Gasteiger partial charge in [-0.1, -0.05) is 0 Å². The monoisotopic (exact) mass is 347 g/mol. The van der Waals surface area contributed by atoms with Crippen molar-refractivity contribution in [1.82, 2.24) is 4.98 Å². The number of halogens is 6. The molecule has 0 aromatic carbocycles. The lowest BCUT2D eigenvalue weighted by molar-refractivity contribution is -0.278. The van der Waals surface area contributed by atoms with Gasteiger partial charge in [0.2, 0.25) is 11.8 Å². The molecule has 0 aliphatic rings. The fraction of sp³-hybridized carbons (Fsp3) is 0.500. The first-order valence-corrected chi connectivity index (χ1v) is 6.04. The molecule has 0 aliphatic carbocycles. The Kier molecular flexibility index (Phi) is 5.67. The summed E-state index contributed by atoms with van der Waals surface area (Å²) in [5.74, 6) is -3.20. The van der Waals surface area contributed by atoms with Crippen LogP contribution in [0.2, 0.25) is 0 Å². The molecule has 11 heteroatoms. The Hall–Kier alpha value is -2.20. The predicted octanol–water partition coefficient (Wildman–Crippen LogP) is 3.11. The van der Waals surface area contributed by atoms with Crippen LogP contribution in [0.1, 0.15) is 18.1 Å². The molecule has 0 bridgehead atoms. The summed E-state index contributed by atoms with van der Waals surface area (Å²) in [4.78, 5) is 14.4. The minimum absolute atomic E-state index is 0.0179. The smallest absolute Gasteiger partial charge is 0.481 e. The molecule has 0 fully saturated rings. The highest BCUT2D eigenvalue weighted by molar-refractivity contribution is 5.73. The summed E-state index contributed by atoms with van der Waals surface area (Å²) < 4.78 is 87.7. The first-order chi connectivity index (χ1) is 10.5. The van der Waals surface area contributed by atoms with E-state index in [1.165, 1.54) is 6.92 Å². The maximum Gasteiger partial charge on any atom is 0.574 e. The first-order valence-electron chi connectivity index (χ1n) is 6.04. The molecule has 0 saturated carbocycles. The van der Waals surface area contributed by atoms with E-state index in [0.717, 1.165) is 7.11 Å². The Labute approximate surface area is 126 Å². The van der Waals surface area contributed by atoms with Crippen LogP contribution in [0, 0.1) is 0 Å². The number of pyridine rings is 1. The molecule has 0 unspecified atom stereocenters. The number of methoxy groups -OCH3 is 1. The molecule has 130 valence electrons. The summed E-state index contributed by atoms with van der Waals surface area (Å²) in [5.41, 5.74) is -2.16. The van der Waals surface area contributed by atoms with E-state index in [1.54, 1.807) is 0 Å². The highest BCUT2D eigenvalue weighted by atomic mass is 19.4. The average molecular weight is 347 g/mol. The number of aromatic nitrogens is 1. The van der Waals surface area contributed by atoms with Gasteiger partial charge in [-0.25, -0.2) is 0 Å². The van der Waals surface area contributed by atoms with Crippen molar-refractivity contribution in [3.8, 4) is 11.8 Å². The predicted molar refractivity (Wildman–Crippen MR) is 62.8 cm³/mol. The Balaban J connectivity index is 3.36. The molecule has 5 nitrogen and oxygen atoms in total. The summed E-state index contributed by atoms with van der Waals surface area (Å²) in [6.45, 7) is 1.46. The van der Waals surface area contributed by atoms with Crippen LogP contribution in [0.5, 0.6) is 11.8 Å². The summed E-state index contributed by atoms with van der Waals surface area (Å²) >= 11 is 0. The second kappa shape index (κ2) is 6.92. The number of hydrogen-bond donors (Lipinski definition) is 0. The molecule has 0 aliphatic heterocycles. The van der Waals surface area contributed by atoms with Gasteiger partial charge in [0.1, 0.15) is 5.56 Å². The van der Waals surface area contributed by atoms with E-state index < -0.39 is 42.3 Å². The van der Waals surface area contributed by atoms with Crippen molar-refractivity contribution in [1.29, 1.82) is 0 Å².